The lowest BCUT2D eigenvalue weighted by Crippen LogP contribution is -2.36. The zero-order chi connectivity index (χ0) is 12.9. The molecule has 0 fully saturated rings. The Kier molecular flexibility index (Phi) is 4.86. The van der Waals surface area contributed by atoms with Gasteiger partial charge in [0.25, 0.3) is 5.91 Å². The minimum Gasteiger partial charge on any atom is -0.383 e. The quantitative estimate of drug-likeness (QED) is 0.363. The third kappa shape index (κ3) is 5.12. The molecule has 1 aliphatic heterocycles. The van der Waals surface area contributed by atoms with Gasteiger partial charge in [-0.15, -0.1) is 0 Å². The molecule has 0 unspecified atom stereocenters. The van der Waals surface area contributed by atoms with E-state index in [1.54, 1.807) is 19.5 Å². The lowest BCUT2D eigenvalue weighted by atomic mass is 10.5. The molecular formula is C9H17N4O3P. The van der Waals surface area contributed by atoms with Crippen molar-refractivity contribution in [1.29, 1.82) is 0 Å². The van der Waals surface area contributed by atoms with Gasteiger partial charge in [0, 0.05) is 18.7 Å². The van der Waals surface area contributed by atoms with Gasteiger partial charge in [-0.1, -0.05) is 0 Å². The summed E-state index contributed by atoms with van der Waals surface area (Å²) in [7, 11) is -2.20. The molecule has 0 aromatic heterocycles. The van der Waals surface area contributed by atoms with Crippen LogP contribution in [0.5, 0.6) is 0 Å². The molecule has 0 saturated carbocycles. The number of hydrogen-bond donors (Lipinski definition) is 3. The summed E-state index contributed by atoms with van der Waals surface area (Å²) in [5.41, 5.74) is 0. The lowest BCUT2D eigenvalue weighted by molar-refractivity contribution is -0.156. The van der Waals surface area contributed by atoms with Crippen molar-refractivity contribution >= 4 is 19.3 Å². The van der Waals surface area contributed by atoms with E-state index in [1.165, 1.54) is 6.20 Å². The van der Waals surface area contributed by atoms with Crippen molar-refractivity contribution in [2.45, 2.75) is 0 Å². The van der Waals surface area contributed by atoms with Gasteiger partial charge < -0.3 is 15.2 Å². The molecule has 0 bridgehead atoms. The Morgan fingerprint density at radius 1 is 1.71 bits per heavy atom. The summed E-state index contributed by atoms with van der Waals surface area (Å²) in [5.74, 6) is -0.412. The van der Waals surface area contributed by atoms with E-state index in [9.17, 15) is 14.6 Å². The normalized spacial score (nSPS) is 15.1. The number of hydroxylamine groups is 2. The van der Waals surface area contributed by atoms with Crippen molar-refractivity contribution in [2.24, 2.45) is 4.99 Å². The van der Waals surface area contributed by atoms with Gasteiger partial charge in [0.2, 0.25) is 0 Å². The maximum absolute atomic E-state index is 11.5. The number of amides is 1. The van der Waals surface area contributed by atoms with Crippen LogP contribution in [0.15, 0.2) is 17.0 Å². The van der Waals surface area contributed by atoms with E-state index in [2.05, 4.69) is 15.6 Å². The Balaban J connectivity index is 2.40. The van der Waals surface area contributed by atoms with Crippen molar-refractivity contribution in [3.05, 3.63) is 12.0 Å². The molecule has 0 atom stereocenters. The third-order valence-corrected chi connectivity index (χ3v) is 2.87. The zero-order valence-electron chi connectivity index (χ0n) is 9.88. The van der Waals surface area contributed by atoms with Gasteiger partial charge >= 0.3 is 0 Å². The molecule has 1 amide bonds. The number of carbonyl (C=O) groups is 1. The van der Waals surface area contributed by atoms with Crippen LogP contribution in [0, 0.1) is 0 Å². The molecule has 0 aromatic rings. The lowest BCUT2D eigenvalue weighted by Gasteiger charge is -2.17. The highest BCUT2D eigenvalue weighted by molar-refractivity contribution is 7.62. The highest BCUT2D eigenvalue weighted by atomic mass is 31.2. The first-order chi connectivity index (χ1) is 7.90. The smallest absolute Gasteiger partial charge is 0.266 e. The molecular weight excluding hydrogens is 243 g/mol. The zero-order valence-corrected chi connectivity index (χ0v) is 10.8. The molecule has 1 aliphatic rings. The predicted molar refractivity (Wildman–Crippen MR) is 65.5 cm³/mol. The van der Waals surface area contributed by atoms with Crippen molar-refractivity contribution in [2.75, 3.05) is 32.7 Å². The van der Waals surface area contributed by atoms with E-state index in [0.717, 1.165) is 0 Å². The maximum atomic E-state index is 11.5. The second-order valence-electron chi connectivity index (χ2n) is 4.09. The van der Waals surface area contributed by atoms with Gasteiger partial charge in [-0.05, 0) is 13.3 Å². The monoisotopic (exact) mass is 260 g/mol. The molecule has 0 saturated heterocycles. The van der Waals surface area contributed by atoms with E-state index < -0.39 is 13.0 Å². The fourth-order valence-electron chi connectivity index (χ4n) is 1.13. The van der Waals surface area contributed by atoms with E-state index >= 15 is 0 Å². The van der Waals surface area contributed by atoms with E-state index in [-0.39, 0.29) is 18.7 Å². The third-order valence-electron chi connectivity index (χ3n) is 1.89. The summed E-state index contributed by atoms with van der Waals surface area (Å²) in [5, 5.41) is 15.5. The van der Waals surface area contributed by atoms with Crippen molar-refractivity contribution in [3.63, 3.8) is 0 Å². The highest BCUT2D eigenvalue weighted by Crippen LogP contribution is 2.33. The molecule has 1 rings (SSSR count). The fourth-order valence-corrected chi connectivity index (χ4v) is 1.78. The minimum absolute atomic E-state index is 0.0883. The van der Waals surface area contributed by atoms with Crippen molar-refractivity contribution in [3.8, 4) is 0 Å². The average molecular weight is 260 g/mol. The molecule has 1 heterocycles. The molecule has 0 aromatic carbocycles. The Morgan fingerprint density at radius 2 is 2.41 bits per heavy atom. The van der Waals surface area contributed by atoms with Crippen LogP contribution in [-0.2, 0) is 9.36 Å². The number of aliphatic imine (C=N–C) groups is 1. The molecule has 8 heteroatoms. The first-order valence-corrected chi connectivity index (χ1v) is 7.91. The molecule has 0 spiro atoms. The topological polar surface area (TPSA) is 94.0 Å². The second kappa shape index (κ2) is 5.95. The van der Waals surface area contributed by atoms with Crippen LogP contribution in [0.1, 0.15) is 0 Å². The van der Waals surface area contributed by atoms with Gasteiger partial charge in [-0.25, -0.2) is 4.99 Å². The van der Waals surface area contributed by atoms with E-state index in [0.29, 0.717) is 11.6 Å². The summed E-state index contributed by atoms with van der Waals surface area (Å²) < 4.78 is 11.4. The van der Waals surface area contributed by atoms with Crippen LogP contribution in [-0.4, -0.2) is 55.1 Å². The number of nitrogens with one attached hydrogen (secondary N) is 2. The van der Waals surface area contributed by atoms with Gasteiger partial charge in [-0.2, -0.15) is 5.06 Å². The van der Waals surface area contributed by atoms with Gasteiger partial charge in [0.1, 0.15) is 0 Å². The van der Waals surface area contributed by atoms with E-state index in [1.807, 2.05) is 0 Å². The first kappa shape index (κ1) is 13.9. The minimum atomic E-state index is -2.20. The second-order valence-corrected chi connectivity index (χ2v) is 7.55. The maximum Gasteiger partial charge on any atom is 0.266 e. The van der Waals surface area contributed by atoms with Crippen LogP contribution in [0.3, 0.4) is 0 Å². The Labute approximate surface area is 99.9 Å². The molecule has 3 N–H and O–H groups in total. The summed E-state index contributed by atoms with van der Waals surface area (Å²) in [6, 6.07) is 0. The van der Waals surface area contributed by atoms with Crippen LogP contribution in [0.4, 0.5) is 0 Å². The van der Waals surface area contributed by atoms with Gasteiger partial charge in [0.05, 0.1) is 20.2 Å². The van der Waals surface area contributed by atoms with Gasteiger partial charge in [-0.3, -0.25) is 10.0 Å². The summed E-state index contributed by atoms with van der Waals surface area (Å²) in [6.45, 7) is 3.73. The summed E-state index contributed by atoms with van der Waals surface area (Å²) in [6.07, 6.45) is 3.25. The molecule has 0 radical (unpaired) electrons. The van der Waals surface area contributed by atoms with E-state index in [4.69, 9.17) is 0 Å². The van der Waals surface area contributed by atoms with Crippen LogP contribution in [0.25, 0.3) is 0 Å². The number of hydrogen-bond acceptors (Lipinski definition) is 6. The Bertz CT molecular complexity index is 388. The van der Waals surface area contributed by atoms with Crippen molar-refractivity contribution in [1.82, 2.24) is 15.7 Å². The molecule has 0 aliphatic carbocycles. The van der Waals surface area contributed by atoms with Gasteiger partial charge in [0.15, 0.2) is 5.82 Å². The summed E-state index contributed by atoms with van der Waals surface area (Å²) in [4.78, 5) is 15.4. The SMILES string of the molecule is CP(C)(=O)CNCC(=O)N(O)C1=CNCC=N1. The van der Waals surface area contributed by atoms with Crippen LogP contribution >= 0.6 is 7.14 Å². The van der Waals surface area contributed by atoms with Crippen LogP contribution < -0.4 is 10.6 Å². The highest BCUT2D eigenvalue weighted by Gasteiger charge is 2.16. The number of nitrogens with zero attached hydrogens (tertiary/aromatic N) is 2. The average Bonchev–Trinajstić information content (AvgIpc) is 2.27. The first-order valence-electron chi connectivity index (χ1n) is 5.13. The standard InChI is InChI=1S/C9H17N4O3P/c1-17(2,16)7-11-6-9(14)13(15)8-5-10-3-4-12-8/h4-5,10-11,15H,3,6-7H2,1-2H3. The predicted octanol–water partition coefficient (Wildman–Crippen LogP) is -0.153. The fraction of sp³-hybridized carbons (Fsp3) is 0.556. The molecule has 17 heavy (non-hydrogen) atoms. The number of rotatable bonds is 5. The summed E-state index contributed by atoms with van der Waals surface area (Å²) >= 11 is 0. The molecule has 7 nitrogen and oxygen atoms in total. The largest absolute Gasteiger partial charge is 0.383 e. The van der Waals surface area contributed by atoms with Crippen LogP contribution in [0.2, 0.25) is 0 Å². The Morgan fingerprint density at radius 3 is 2.94 bits per heavy atom. The number of carbonyl (C=O) groups excluding carboxylic acids is 1. The Hall–Kier alpha value is -1.17. The van der Waals surface area contributed by atoms with Crippen molar-refractivity contribution < 1.29 is 14.6 Å². The molecule has 96 valence electrons.